The number of aliphatic hydroxyl groups is 1. The van der Waals surface area contributed by atoms with Crippen LogP contribution in [0.15, 0.2) is 4.42 Å². The van der Waals surface area contributed by atoms with Crippen LogP contribution in [0.2, 0.25) is 0 Å². The zero-order valence-corrected chi connectivity index (χ0v) is 13.9. The van der Waals surface area contributed by atoms with E-state index in [1.165, 1.54) is 0 Å². The molecule has 2 rings (SSSR count). The Morgan fingerprint density at radius 2 is 2.00 bits per heavy atom. The summed E-state index contributed by atoms with van der Waals surface area (Å²) in [6.45, 7) is 9.71. The summed E-state index contributed by atoms with van der Waals surface area (Å²) in [5.74, 6) is 0.514. The second-order valence-electron chi connectivity index (χ2n) is 7.32. The molecule has 1 aromatic rings. The molecule has 122 valence electrons. The van der Waals surface area contributed by atoms with E-state index in [1.54, 1.807) is 6.92 Å². The topological polar surface area (TPSA) is 79.5 Å². The van der Waals surface area contributed by atoms with Gasteiger partial charge in [0.05, 0.1) is 11.7 Å². The fourth-order valence-corrected chi connectivity index (χ4v) is 2.81. The summed E-state index contributed by atoms with van der Waals surface area (Å²) in [4.78, 5) is 24.5. The predicted octanol–water partition coefficient (Wildman–Crippen LogP) is 2.49. The second-order valence-corrected chi connectivity index (χ2v) is 7.32. The first-order valence-corrected chi connectivity index (χ1v) is 7.74. The number of amides is 1. The van der Waals surface area contributed by atoms with Crippen LogP contribution in [-0.4, -0.2) is 29.4 Å². The van der Waals surface area contributed by atoms with E-state index < -0.39 is 6.10 Å². The van der Waals surface area contributed by atoms with Crippen LogP contribution in [0.4, 0.5) is 0 Å². The summed E-state index contributed by atoms with van der Waals surface area (Å²) in [7, 11) is 0. The van der Waals surface area contributed by atoms with Gasteiger partial charge in [0.2, 0.25) is 0 Å². The van der Waals surface area contributed by atoms with Gasteiger partial charge in [-0.2, -0.15) is 0 Å². The van der Waals surface area contributed by atoms with E-state index >= 15 is 0 Å². The maximum Gasteiger partial charge on any atom is 0.287 e. The van der Waals surface area contributed by atoms with Gasteiger partial charge in [-0.1, -0.05) is 27.7 Å². The summed E-state index contributed by atoms with van der Waals surface area (Å²) in [6.07, 6.45) is 0.513. The molecule has 0 aromatic carbocycles. The van der Waals surface area contributed by atoms with Crippen molar-refractivity contribution in [1.82, 2.24) is 5.32 Å². The van der Waals surface area contributed by atoms with Gasteiger partial charge in [-0.25, -0.2) is 0 Å². The lowest BCUT2D eigenvalue weighted by Gasteiger charge is -2.27. The van der Waals surface area contributed by atoms with Crippen LogP contribution in [0, 0.1) is 18.3 Å². The van der Waals surface area contributed by atoms with Crippen molar-refractivity contribution < 1.29 is 19.1 Å². The van der Waals surface area contributed by atoms with Gasteiger partial charge in [0, 0.05) is 24.9 Å². The van der Waals surface area contributed by atoms with Crippen LogP contribution >= 0.6 is 0 Å². The number of furan rings is 1. The Morgan fingerprint density at radius 1 is 1.36 bits per heavy atom. The molecular formula is C17H25NO4. The number of carbonyl (C=O) groups excluding carboxylic acids is 2. The molecule has 1 amide bonds. The average Bonchev–Trinajstić information content (AvgIpc) is 2.70. The maximum absolute atomic E-state index is 12.3. The number of fused-ring (bicyclic) bond motifs is 1. The lowest BCUT2D eigenvalue weighted by Crippen LogP contribution is -2.34. The Bertz CT molecular complexity index is 598. The lowest BCUT2D eigenvalue weighted by atomic mass is 9.76. The highest BCUT2D eigenvalue weighted by Gasteiger charge is 2.37. The highest BCUT2D eigenvalue weighted by atomic mass is 16.4. The van der Waals surface area contributed by atoms with Crippen molar-refractivity contribution in [3.8, 4) is 0 Å². The zero-order chi connectivity index (χ0) is 16.7. The van der Waals surface area contributed by atoms with E-state index in [2.05, 4.69) is 5.32 Å². The average molecular weight is 307 g/mol. The quantitative estimate of drug-likeness (QED) is 0.895. The number of aliphatic hydroxyl groups excluding tert-OH is 1. The molecular weight excluding hydrogens is 282 g/mol. The molecule has 0 saturated heterocycles. The predicted molar refractivity (Wildman–Crippen MR) is 83.1 cm³/mol. The van der Waals surface area contributed by atoms with Crippen LogP contribution in [0.3, 0.4) is 0 Å². The summed E-state index contributed by atoms with van der Waals surface area (Å²) in [5.41, 5.74) is 1.02. The largest absolute Gasteiger partial charge is 0.455 e. The molecule has 0 spiro atoms. The van der Waals surface area contributed by atoms with Crippen molar-refractivity contribution >= 4 is 11.7 Å². The van der Waals surface area contributed by atoms with Gasteiger partial charge in [0.25, 0.3) is 5.91 Å². The van der Waals surface area contributed by atoms with Crippen LogP contribution in [0.1, 0.15) is 66.4 Å². The highest BCUT2D eigenvalue weighted by molar-refractivity contribution is 6.03. The minimum Gasteiger partial charge on any atom is -0.455 e. The van der Waals surface area contributed by atoms with E-state index in [9.17, 15) is 14.7 Å². The van der Waals surface area contributed by atoms with E-state index in [1.807, 2.05) is 27.7 Å². The SMILES string of the molecule is Cc1c(C(=O)NCC(O)C(C)C)oc2c1C(=O)CC(C)(C)C2. The van der Waals surface area contributed by atoms with Gasteiger partial charge in [-0.15, -0.1) is 0 Å². The van der Waals surface area contributed by atoms with Gasteiger partial charge < -0.3 is 14.8 Å². The molecule has 2 N–H and O–H groups in total. The molecule has 0 fully saturated rings. The van der Waals surface area contributed by atoms with Gasteiger partial charge in [0.1, 0.15) is 5.76 Å². The normalized spacial score (nSPS) is 18.2. The van der Waals surface area contributed by atoms with Crippen molar-refractivity contribution in [3.05, 3.63) is 22.6 Å². The van der Waals surface area contributed by atoms with Gasteiger partial charge >= 0.3 is 0 Å². The van der Waals surface area contributed by atoms with Crippen molar-refractivity contribution in [2.24, 2.45) is 11.3 Å². The standard InChI is InChI=1S/C17H25NO4/c1-9(2)12(20)8-18-16(21)15-10(3)14-11(19)6-17(4,5)7-13(14)22-15/h9,12,20H,6-8H2,1-5H3,(H,18,21). The first kappa shape index (κ1) is 16.7. The Labute approximate surface area is 131 Å². The monoisotopic (exact) mass is 307 g/mol. The molecule has 1 heterocycles. The van der Waals surface area contributed by atoms with Gasteiger partial charge in [0.15, 0.2) is 11.5 Å². The van der Waals surface area contributed by atoms with Crippen LogP contribution in [0.5, 0.6) is 0 Å². The summed E-state index contributed by atoms with van der Waals surface area (Å²) >= 11 is 0. The van der Waals surface area contributed by atoms with E-state index in [0.29, 0.717) is 29.7 Å². The molecule has 5 nitrogen and oxygen atoms in total. The second kappa shape index (κ2) is 5.88. The third-order valence-corrected chi connectivity index (χ3v) is 4.22. The number of rotatable bonds is 4. The van der Waals surface area contributed by atoms with E-state index in [0.717, 1.165) is 0 Å². The first-order chi connectivity index (χ1) is 10.1. The third kappa shape index (κ3) is 3.24. The molecule has 22 heavy (non-hydrogen) atoms. The smallest absolute Gasteiger partial charge is 0.287 e. The van der Waals surface area contributed by atoms with Crippen molar-refractivity contribution in [3.63, 3.8) is 0 Å². The molecule has 0 saturated carbocycles. The van der Waals surface area contributed by atoms with Crippen LogP contribution in [0.25, 0.3) is 0 Å². The first-order valence-electron chi connectivity index (χ1n) is 7.74. The number of carbonyl (C=O) groups is 2. The zero-order valence-electron chi connectivity index (χ0n) is 13.9. The molecule has 0 aliphatic heterocycles. The summed E-state index contributed by atoms with van der Waals surface area (Å²) in [5, 5.41) is 12.4. The summed E-state index contributed by atoms with van der Waals surface area (Å²) in [6, 6.07) is 0. The highest BCUT2D eigenvalue weighted by Crippen LogP contribution is 2.38. The molecule has 0 radical (unpaired) electrons. The summed E-state index contributed by atoms with van der Waals surface area (Å²) < 4.78 is 5.68. The van der Waals surface area contributed by atoms with E-state index in [4.69, 9.17) is 4.42 Å². The fraction of sp³-hybridized carbons (Fsp3) is 0.647. The maximum atomic E-state index is 12.3. The van der Waals surface area contributed by atoms with Crippen molar-refractivity contribution in [1.29, 1.82) is 0 Å². The molecule has 1 atom stereocenters. The Morgan fingerprint density at radius 3 is 2.59 bits per heavy atom. The minimum atomic E-state index is -0.602. The molecule has 1 aromatic heterocycles. The van der Waals surface area contributed by atoms with Crippen molar-refractivity contribution in [2.75, 3.05) is 6.54 Å². The van der Waals surface area contributed by atoms with Crippen molar-refractivity contribution in [2.45, 2.75) is 53.6 Å². The number of hydrogen-bond donors (Lipinski definition) is 2. The van der Waals surface area contributed by atoms with Gasteiger partial charge in [-0.3, -0.25) is 9.59 Å². The Balaban J connectivity index is 2.20. The Kier molecular flexibility index (Phi) is 4.47. The minimum absolute atomic E-state index is 0.0359. The fourth-order valence-electron chi connectivity index (χ4n) is 2.81. The molecule has 1 unspecified atom stereocenters. The number of nitrogens with one attached hydrogen (secondary N) is 1. The molecule has 0 bridgehead atoms. The lowest BCUT2D eigenvalue weighted by molar-refractivity contribution is 0.0838. The third-order valence-electron chi connectivity index (χ3n) is 4.22. The number of Topliss-reactive ketones (excluding diaryl/α,β-unsaturated/α-hetero) is 1. The number of ketones is 1. The molecule has 1 aliphatic carbocycles. The van der Waals surface area contributed by atoms with Gasteiger partial charge in [-0.05, 0) is 18.3 Å². The molecule has 1 aliphatic rings. The van der Waals surface area contributed by atoms with Crippen LogP contribution < -0.4 is 5.32 Å². The number of hydrogen-bond acceptors (Lipinski definition) is 4. The molecule has 5 heteroatoms. The Hall–Kier alpha value is -1.62. The van der Waals surface area contributed by atoms with E-state index in [-0.39, 0.29) is 35.3 Å². The van der Waals surface area contributed by atoms with Crippen LogP contribution in [-0.2, 0) is 6.42 Å².